The van der Waals surface area contributed by atoms with Crippen LogP contribution in [0, 0.1) is 11.8 Å². The molecule has 10 nitrogen and oxygen atoms in total. The average molecular weight is 725 g/mol. The van der Waals surface area contributed by atoms with Gasteiger partial charge in [0, 0.05) is 38.6 Å². The lowest BCUT2D eigenvalue weighted by Crippen LogP contribution is -2.49. The number of nitrogens with zero attached hydrogens (tertiary/aromatic N) is 4. The van der Waals surface area contributed by atoms with E-state index in [0.717, 1.165) is 25.9 Å². The second-order valence-electron chi connectivity index (χ2n) is 14.0. The molecule has 0 unspecified atom stereocenters. The normalized spacial score (nSPS) is 19.8. The number of aromatic amines is 1. The van der Waals surface area contributed by atoms with E-state index < -0.39 is 59.3 Å². The van der Waals surface area contributed by atoms with E-state index in [1.807, 2.05) is 12.1 Å². The number of carbonyl (C=O) groups excluding carboxylic acids is 2. The number of hydrogen-bond acceptors (Lipinski definition) is 6. The van der Waals surface area contributed by atoms with Gasteiger partial charge in [-0.2, -0.15) is 26.3 Å². The van der Waals surface area contributed by atoms with E-state index in [1.54, 1.807) is 16.7 Å². The van der Waals surface area contributed by atoms with Gasteiger partial charge >= 0.3 is 24.1 Å². The van der Waals surface area contributed by atoms with Crippen molar-refractivity contribution in [2.24, 2.45) is 11.8 Å². The number of imidazole rings is 1. The van der Waals surface area contributed by atoms with Crippen molar-refractivity contribution in [3.05, 3.63) is 63.6 Å². The molecule has 0 spiro atoms. The maximum Gasteiger partial charge on any atom is 0.418 e. The number of nitrogens with two attached hydrogens (primary N) is 1. The number of likely N-dealkylation sites (tertiary alicyclic amines) is 3. The molecule has 1 aromatic heterocycles. The Hall–Kier alpha value is -4.21. The molecule has 0 aliphatic carbocycles. The number of rotatable bonds is 6. The second kappa shape index (κ2) is 14.4. The number of fused-ring (bicyclic) bond motifs is 1. The summed E-state index contributed by atoms with van der Waals surface area (Å²) in [6.07, 6.45) is -9.50. The molecule has 2 amide bonds. The minimum atomic E-state index is -5.21. The van der Waals surface area contributed by atoms with E-state index in [2.05, 4.69) is 16.9 Å². The lowest BCUT2D eigenvalue weighted by atomic mass is 9.79. The van der Waals surface area contributed by atoms with Gasteiger partial charge in [-0.1, -0.05) is 12.1 Å². The van der Waals surface area contributed by atoms with Crippen molar-refractivity contribution in [2.45, 2.75) is 69.4 Å². The number of amides is 2. The fourth-order valence-electron chi connectivity index (χ4n) is 7.93. The van der Waals surface area contributed by atoms with Crippen LogP contribution in [0.1, 0.15) is 61.3 Å². The monoisotopic (exact) mass is 724 g/mol. The zero-order valence-corrected chi connectivity index (χ0v) is 28.2. The molecule has 278 valence electrons. The van der Waals surface area contributed by atoms with Crippen molar-refractivity contribution in [3.63, 3.8) is 0 Å². The SMILES string of the molecule is CN1CCC(C2CCN(C(=O)[C@@H](Cc3cc(C(F)(F)F)c(N)c(C(F)(F)F)c3)OC(=O)N3CCC(n4c(=O)[nH]c5ccccc54)CC3)CC2)CC1. The zero-order valence-electron chi connectivity index (χ0n) is 28.2. The summed E-state index contributed by atoms with van der Waals surface area (Å²) < 4.78 is 90.4. The third-order valence-corrected chi connectivity index (χ3v) is 10.8. The highest BCUT2D eigenvalue weighted by Gasteiger charge is 2.42. The Balaban J connectivity index is 1.20. The van der Waals surface area contributed by atoms with Gasteiger partial charge in [-0.3, -0.25) is 9.36 Å². The molecule has 2 aromatic carbocycles. The molecule has 51 heavy (non-hydrogen) atoms. The molecule has 4 heterocycles. The summed E-state index contributed by atoms with van der Waals surface area (Å²) in [5, 5.41) is 0. The van der Waals surface area contributed by atoms with Gasteiger partial charge in [0.05, 0.1) is 27.8 Å². The van der Waals surface area contributed by atoms with Gasteiger partial charge in [0.25, 0.3) is 5.91 Å². The van der Waals surface area contributed by atoms with E-state index in [1.165, 1.54) is 9.80 Å². The highest BCUT2D eigenvalue weighted by Crippen LogP contribution is 2.42. The largest absolute Gasteiger partial charge is 0.436 e. The fraction of sp³-hybridized carbons (Fsp3) is 0.571. The number of H-pyrrole nitrogens is 1. The van der Waals surface area contributed by atoms with Crippen LogP contribution >= 0.6 is 0 Å². The Labute approximate surface area is 290 Å². The Morgan fingerprint density at radius 3 is 1.94 bits per heavy atom. The number of hydrogen-bond donors (Lipinski definition) is 2. The number of aromatic nitrogens is 2. The van der Waals surface area contributed by atoms with Gasteiger partial charge in [0.1, 0.15) is 0 Å². The predicted molar refractivity (Wildman–Crippen MR) is 177 cm³/mol. The van der Waals surface area contributed by atoms with Crippen molar-refractivity contribution >= 4 is 28.7 Å². The van der Waals surface area contributed by atoms with Crippen molar-refractivity contribution in [1.82, 2.24) is 24.3 Å². The molecule has 0 bridgehead atoms. The number of para-hydroxylation sites is 2. The van der Waals surface area contributed by atoms with Crippen LogP contribution in [0.5, 0.6) is 0 Å². The number of carbonyl (C=O) groups is 2. The van der Waals surface area contributed by atoms with Crippen molar-refractivity contribution < 1.29 is 40.7 Å². The molecular formula is C35H42F6N6O4. The van der Waals surface area contributed by atoms with Crippen LogP contribution in [0.15, 0.2) is 41.2 Å². The zero-order chi connectivity index (χ0) is 36.7. The molecule has 3 aliphatic heterocycles. The standard InChI is InChI=1S/C35H42F6N6O4/c1-44-12-6-22(7-13-44)23-8-14-45(15-9-23)31(48)29(20-21-18-25(34(36,37)38)30(42)26(19-21)35(39,40)41)51-33(50)46-16-10-24(11-17-46)47-28-5-3-2-4-27(28)43-32(47)49/h2-5,18-19,22-24,29H,6-17,20,42H2,1H3,(H,43,49)/t29-/m1/s1. The van der Waals surface area contributed by atoms with E-state index in [4.69, 9.17) is 10.5 Å². The quantitative estimate of drug-likeness (QED) is 0.241. The number of halogens is 6. The molecule has 3 N–H and O–H groups in total. The van der Waals surface area contributed by atoms with Gasteiger partial charge in [-0.05, 0) is 100 Å². The highest BCUT2D eigenvalue weighted by molar-refractivity contribution is 5.84. The first-order chi connectivity index (χ1) is 24.1. The van der Waals surface area contributed by atoms with Gasteiger partial charge in [0.2, 0.25) is 0 Å². The third-order valence-electron chi connectivity index (χ3n) is 10.8. The molecule has 6 rings (SSSR count). The molecule has 3 fully saturated rings. The molecule has 3 aromatic rings. The second-order valence-corrected chi connectivity index (χ2v) is 14.0. The molecular weight excluding hydrogens is 682 g/mol. The number of alkyl halides is 6. The van der Waals surface area contributed by atoms with Crippen molar-refractivity contribution in [3.8, 4) is 0 Å². The Kier molecular flexibility index (Phi) is 10.3. The topological polar surface area (TPSA) is 117 Å². The Morgan fingerprint density at radius 1 is 0.843 bits per heavy atom. The number of nitrogen functional groups attached to an aromatic ring is 1. The third kappa shape index (κ3) is 8.00. The van der Waals surface area contributed by atoms with E-state index in [0.29, 0.717) is 73.8 Å². The van der Waals surface area contributed by atoms with Crippen LogP contribution in [0.2, 0.25) is 0 Å². The van der Waals surface area contributed by atoms with Crippen LogP contribution in [-0.4, -0.2) is 88.7 Å². The lowest BCUT2D eigenvalue weighted by molar-refractivity contribution is -0.142. The van der Waals surface area contributed by atoms with Crippen LogP contribution in [-0.2, 0) is 28.3 Å². The first kappa shape index (κ1) is 36.6. The molecule has 0 saturated carbocycles. The Morgan fingerprint density at radius 2 is 1.37 bits per heavy atom. The summed E-state index contributed by atoms with van der Waals surface area (Å²) in [6, 6.07) is 7.93. The van der Waals surface area contributed by atoms with Gasteiger partial charge in [0.15, 0.2) is 6.10 Å². The maximum atomic E-state index is 14.0. The van der Waals surface area contributed by atoms with Crippen LogP contribution in [0.25, 0.3) is 11.0 Å². The molecule has 1 atom stereocenters. The minimum Gasteiger partial charge on any atom is -0.436 e. The number of anilines is 1. The number of benzene rings is 2. The molecule has 3 saturated heterocycles. The molecule has 3 aliphatic rings. The number of piperidine rings is 3. The van der Waals surface area contributed by atoms with Crippen LogP contribution in [0.4, 0.5) is 36.8 Å². The van der Waals surface area contributed by atoms with Gasteiger partial charge < -0.3 is 30.2 Å². The predicted octanol–water partition coefficient (Wildman–Crippen LogP) is 5.91. The smallest absolute Gasteiger partial charge is 0.418 e. The number of nitrogens with one attached hydrogen (secondary N) is 1. The van der Waals surface area contributed by atoms with E-state index >= 15 is 0 Å². The summed E-state index contributed by atoms with van der Waals surface area (Å²) in [5.74, 6) is 0.214. The summed E-state index contributed by atoms with van der Waals surface area (Å²) in [6.45, 7) is 2.93. The lowest BCUT2D eigenvalue weighted by Gasteiger charge is -2.40. The minimum absolute atomic E-state index is 0.149. The Bertz CT molecular complexity index is 1750. The van der Waals surface area contributed by atoms with Crippen LogP contribution in [0.3, 0.4) is 0 Å². The maximum absolute atomic E-state index is 14.0. The number of ether oxygens (including phenoxy) is 1. The van der Waals surface area contributed by atoms with Crippen molar-refractivity contribution in [1.29, 1.82) is 0 Å². The highest BCUT2D eigenvalue weighted by atomic mass is 19.4. The van der Waals surface area contributed by atoms with Gasteiger partial charge in [-0.25, -0.2) is 9.59 Å². The van der Waals surface area contributed by atoms with Gasteiger partial charge in [-0.15, -0.1) is 0 Å². The van der Waals surface area contributed by atoms with Crippen molar-refractivity contribution in [2.75, 3.05) is 52.0 Å². The summed E-state index contributed by atoms with van der Waals surface area (Å²) >= 11 is 0. The molecule has 16 heteroatoms. The summed E-state index contributed by atoms with van der Waals surface area (Å²) in [5.41, 5.74) is 1.12. The van der Waals surface area contributed by atoms with E-state index in [-0.39, 0.29) is 24.8 Å². The first-order valence-electron chi connectivity index (χ1n) is 17.3. The van der Waals surface area contributed by atoms with E-state index in [9.17, 15) is 40.7 Å². The summed E-state index contributed by atoms with van der Waals surface area (Å²) in [7, 11) is 2.07. The summed E-state index contributed by atoms with van der Waals surface area (Å²) in [4.78, 5) is 48.1. The first-order valence-corrected chi connectivity index (χ1v) is 17.3. The van der Waals surface area contributed by atoms with Crippen LogP contribution < -0.4 is 11.4 Å². The fourth-order valence-corrected chi connectivity index (χ4v) is 7.93. The molecule has 0 radical (unpaired) electrons. The average Bonchev–Trinajstić information content (AvgIpc) is 3.43.